The molecule has 0 saturated carbocycles. The minimum Gasteiger partial charge on any atom is -0.394 e. The first-order valence-electron chi connectivity index (χ1n) is 9.29. The minimum absolute atomic E-state index is 0.210. The number of hydrogen-bond donors (Lipinski definition) is 4. The minimum atomic E-state index is -1.61. The Labute approximate surface area is 163 Å². The predicted molar refractivity (Wildman–Crippen MR) is 102 cm³/mol. The molecule has 2 aromatic rings. The Bertz CT molecular complexity index is 862. The fraction of sp³-hybridized carbons (Fsp3) is 0.364. The summed E-state index contributed by atoms with van der Waals surface area (Å²) < 4.78 is 11.6. The number of rotatable bonds is 4. The van der Waals surface area contributed by atoms with Crippen LogP contribution in [0.1, 0.15) is 27.8 Å². The van der Waals surface area contributed by atoms with E-state index in [1.54, 1.807) is 6.08 Å². The van der Waals surface area contributed by atoms with E-state index >= 15 is 0 Å². The summed E-state index contributed by atoms with van der Waals surface area (Å²) in [6, 6.07) is 13.9. The molecule has 4 rings (SSSR count). The summed E-state index contributed by atoms with van der Waals surface area (Å²) in [5, 5.41) is 40.5. The van der Waals surface area contributed by atoms with Crippen LogP contribution in [0.15, 0.2) is 49.0 Å². The Hall–Kier alpha value is -2.06. The van der Waals surface area contributed by atoms with E-state index in [2.05, 4.69) is 6.58 Å². The van der Waals surface area contributed by atoms with Crippen molar-refractivity contribution >= 4 is 6.08 Å². The Balaban J connectivity index is 1.67. The Kier molecular flexibility index (Phi) is 5.09. The van der Waals surface area contributed by atoms with Crippen LogP contribution < -0.4 is 0 Å². The van der Waals surface area contributed by atoms with Crippen LogP contribution in [0.3, 0.4) is 0 Å². The molecule has 4 N–H and O–H groups in total. The Morgan fingerprint density at radius 1 is 1.04 bits per heavy atom. The van der Waals surface area contributed by atoms with Crippen LogP contribution in [0.25, 0.3) is 6.08 Å². The van der Waals surface area contributed by atoms with Crippen molar-refractivity contribution in [2.45, 2.75) is 43.2 Å². The molecular weight excluding hydrogens is 360 g/mol. The topological polar surface area (TPSA) is 99.4 Å². The molecule has 0 radical (unpaired) electrons. The molecule has 2 aliphatic heterocycles. The van der Waals surface area contributed by atoms with Crippen molar-refractivity contribution in [1.29, 1.82) is 0 Å². The van der Waals surface area contributed by atoms with Crippen LogP contribution in [-0.4, -0.2) is 51.4 Å². The molecular formula is C22H24O6. The number of hydrogen-bond acceptors (Lipinski definition) is 6. The first kappa shape index (κ1) is 19.3. The monoisotopic (exact) mass is 384 g/mol. The Morgan fingerprint density at radius 3 is 2.43 bits per heavy atom. The van der Waals surface area contributed by atoms with E-state index in [-0.39, 0.29) is 6.61 Å². The van der Waals surface area contributed by atoms with Crippen molar-refractivity contribution in [3.63, 3.8) is 0 Å². The van der Waals surface area contributed by atoms with E-state index in [0.29, 0.717) is 12.0 Å². The average molecular weight is 384 g/mol. The van der Waals surface area contributed by atoms with Crippen molar-refractivity contribution in [3.05, 3.63) is 76.9 Å². The maximum atomic E-state index is 10.6. The fourth-order valence-corrected chi connectivity index (χ4v) is 3.94. The van der Waals surface area contributed by atoms with Crippen LogP contribution in [0, 0.1) is 0 Å². The van der Waals surface area contributed by atoms with E-state index in [4.69, 9.17) is 9.47 Å². The summed E-state index contributed by atoms with van der Waals surface area (Å²) in [4.78, 5) is 0. The smallest absolute Gasteiger partial charge is 0.225 e. The van der Waals surface area contributed by atoms with Gasteiger partial charge in [-0.05, 0) is 34.7 Å². The molecule has 1 saturated heterocycles. The maximum absolute atomic E-state index is 10.6. The second-order valence-corrected chi connectivity index (χ2v) is 7.34. The Morgan fingerprint density at radius 2 is 1.75 bits per heavy atom. The number of aliphatic hydroxyl groups is 4. The average Bonchev–Trinajstić information content (AvgIpc) is 3.08. The van der Waals surface area contributed by atoms with E-state index in [0.717, 1.165) is 22.3 Å². The molecule has 2 heterocycles. The van der Waals surface area contributed by atoms with Gasteiger partial charge in [0, 0.05) is 5.56 Å². The van der Waals surface area contributed by atoms with Gasteiger partial charge in [0.15, 0.2) is 0 Å². The summed E-state index contributed by atoms with van der Waals surface area (Å²) in [5.41, 5.74) is 4.61. The van der Waals surface area contributed by atoms with Crippen molar-refractivity contribution < 1.29 is 29.9 Å². The summed E-state index contributed by atoms with van der Waals surface area (Å²) in [7, 11) is 0. The highest BCUT2D eigenvalue weighted by molar-refractivity contribution is 5.48. The zero-order chi connectivity index (χ0) is 19.9. The summed E-state index contributed by atoms with van der Waals surface area (Å²) in [5.74, 6) is -1.61. The lowest BCUT2D eigenvalue weighted by molar-refractivity contribution is -0.368. The van der Waals surface area contributed by atoms with E-state index in [1.165, 1.54) is 0 Å². The third kappa shape index (κ3) is 3.08. The van der Waals surface area contributed by atoms with Gasteiger partial charge in [0.05, 0.1) is 13.2 Å². The second-order valence-electron chi connectivity index (χ2n) is 7.34. The van der Waals surface area contributed by atoms with Gasteiger partial charge in [-0.3, -0.25) is 0 Å². The van der Waals surface area contributed by atoms with Crippen molar-refractivity contribution in [1.82, 2.24) is 0 Å². The van der Waals surface area contributed by atoms with Gasteiger partial charge < -0.3 is 29.9 Å². The van der Waals surface area contributed by atoms with Gasteiger partial charge in [-0.25, -0.2) is 0 Å². The quantitative estimate of drug-likeness (QED) is 0.630. The predicted octanol–water partition coefficient (Wildman–Crippen LogP) is 1.08. The molecule has 0 amide bonds. The standard InChI is InChI=1S/C22H24O6/c1-2-13-3-5-14(6-4-13)9-15-7-8-16-12-27-22(17(16)10-15)21(26)20(25)19(24)18(11-23)28-22/h2-8,10,18-21,23-26H,1,9,11-12H2/t18-,19-,20+,21-,22?/m1/s1. The lowest BCUT2D eigenvalue weighted by atomic mass is 9.86. The molecule has 28 heavy (non-hydrogen) atoms. The van der Waals surface area contributed by atoms with Gasteiger partial charge in [0.25, 0.3) is 0 Å². The van der Waals surface area contributed by atoms with Gasteiger partial charge >= 0.3 is 0 Å². The number of aliphatic hydroxyl groups excluding tert-OH is 4. The lowest BCUT2D eigenvalue weighted by Gasteiger charge is -2.46. The number of fused-ring (bicyclic) bond motifs is 2. The molecule has 0 bridgehead atoms. The van der Waals surface area contributed by atoms with Gasteiger partial charge in [-0.2, -0.15) is 0 Å². The normalized spacial score (nSPS) is 31.7. The van der Waals surface area contributed by atoms with Crippen LogP contribution in [0.5, 0.6) is 0 Å². The first-order chi connectivity index (χ1) is 13.5. The molecule has 0 aliphatic carbocycles. The molecule has 2 aliphatic rings. The highest BCUT2D eigenvalue weighted by atomic mass is 16.7. The zero-order valence-electron chi connectivity index (χ0n) is 15.4. The SMILES string of the molecule is C=Cc1ccc(Cc2ccc3c(c2)C2(OC3)O[C@H](CO)[C@@H](O)[C@H](O)[C@H]2O)cc1. The lowest BCUT2D eigenvalue weighted by Crippen LogP contribution is -2.63. The molecule has 6 heteroatoms. The van der Waals surface area contributed by atoms with Gasteiger partial charge in [0.1, 0.15) is 24.4 Å². The maximum Gasteiger partial charge on any atom is 0.225 e. The molecule has 1 fully saturated rings. The highest BCUT2D eigenvalue weighted by Crippen LogP contribution is 2.46. The van der Waals surface area contributed by atoms with E-state index < -0.39 is 36.8 Å². The van der Waals surface area contributed by atoms with Gasteiger partial charge in [0.2, 0.25) is 5.79 Å². The summed E-state index contributed by atoms with van der Waals surface area (Å²) in [6.07, 6.45) is -2.96. The molecule has 1 unspecified atom stereocenters. The largest absolute Gasteiger partial charge is 0.394 e. The molecule has 5 atom stereocenters. The first-order valence-corrected chi connectivity index (χ1v) is 9.29. The third-order valence-corrected chi connectivity index (χ3v) is 5.57. The molecule has 1 spiro atoms. The molecule has 0 aromatic heterocycles. The second kappa shape index (κ2) is 7.40. The third-order valence-electron chi connectivity index (χ3n) is 5.57. The van der Waals surface area contributed by atoms with Crippen LogP contribution in [0.4, 0.5) is 0 Å². The molecule has 6 nitrogen and oxygen atoms in total. The van der Waals surface area contributed by atoms with Crippen molar-refractivity contribution in [3.8, 4) is 0 Å². The number of benzene rings is 2. The van der Waals surface area contributed by atoms with E-state index in [9.17, 15) is 20.4 Å². The van der Waals surface area contributed by atoms with Crippen molar-refractivity contribution in [2.24, 2.45) is 0 Å². The number of ether oxygens (including phenoxy) is 2. The van der Waals surface area contributed by atoms with Gasteiger partial charge in [-0.15, -0.1) is 0 Å². The fourth-order valence-electron chi connectivity index (χ4n) is 3.94. The molecule has 2 aromatic carbocycles. The van der Waals surface area contributed by atoms with Crippen LogP contribution >= 0.6 is 0 Å². The molecule has 148 valence electrons. The summed E-state index contributed by atoms with van der Waals surface area (Å²) in [6.45, 7) is 3.47. The van der Waals surface area contributed by atoms with E-state index in [1.807, 2.05) is 42.5 Å². The highest BCUT2D eigenvalue weighted by Gasteiger charge is 2.58. The van der Waals surface area contributed by atoms with Gasteiger partial charge in [-0.1, -0.05) is 49.1 Å². The van der Waals surface area contributed by atoms with Crippen molar-refractivity contribution in [2.75, 3.05) is 6.61 Å². The van der Waals surface area contributed by atoms with Crippen LogP contribution in [-0.2, 0) is 28.3 Å². The zero-order valence-corrected chi connectivity index (χ0v) is 15.4. The van der Waals surface area contributed by atoms with Crippen LogP contribution in [0.2, 0.25) is 0 Å². The summed E-state index contributed by atoms with van der Waals surface area (Å²) >= 11 is 0.